The van der Waals surface area contributed by atoms with Crippen LogP contribution in [0.3, 0.4) is 0 Å². The van der Waals surface area contributed by atoms with Crippen LogP contribution in [0.15, 0.2) is 42.5 Å². The number of halogens is 2. The third kappa shape index (κ3) is 3.58. The molecule has 1 aliphatic rings. The van der Waals surface area contributed by atoms with E-state index in [1.165, 1.54) is 25.1 Å². The Balaban J connectivity index is 1.69. The van der Waals surface area contributed by atoms with Crippen LogP contribution in [0, 0.1) is 5.82 Å². The first-order valence-electron chi connectivity index (χ1n) is 8.42. The maximum absolute atomic E-state index is 13.8. The van der Waals surface area contributed by atoms with Gasteiger partial charge in [-0.25, -0.2) is 4.39 Å². The number of anilines is 1. The third-order valence-corrected chi connectivity index (χ3v) is 4.84. The van der Waals surface area contributed by atoms with E-state index in [4.69, 9.17) is 16.3 Å². The molecule has 0 radical (unpaired) electrons. The number of hydrogen-bond donors (Lipinski definition) is 0. The molecule has 0 unspecified atom stereocenters. The summed E-state index contributed by atoms with van der Waals surface area (Å²) in [5.74, 6) is -1.57. The zero-order valence-corrected chi connectivity index (χ0v) is 15.3. The molecule has 26 heavy (non-hydrogen) atoms. The summed E-state index contributed by atoms with van der Waals surface area (Å²) >= 11 is 5.93. The zero-order valence-electron chi connectivity index (χ0n) is 14.5. The van der Waals surface area contributed by atoms with Crippen molar-refractivity contribution in [3.8, 4) is 0 Å². The topological polar surface area (TPSA) is 46.6 Å². The molecule has 4 nitrogen and oxygen atoms in total. The van der Waals surface area contributed by atoms with E-state index in [9.17, 15) is 14.0 Å². The minimum Gasteiger partial charge on any atom is -0.452 e. The molecule has 0 fully saturated rings. The molecule has 1 heterocycles. The number of amides is 1. The number of ether oxygens (including phenoxy) is 1. The molecule has 6 heteroatoms. The van der Waals surface area contributed by atoms with Crippen molar-refractivity contribution in [1.29, 1.82) is 0 Å². The molecule has 0 bridgehead atoms. The lowest BCUT2D eigenvalue weighted by atomic mass is 10.1. The van der Waals surface area contributed by atoms with Crippen LogP contribution in [0.1, 0.15) is 25.0 Å². The molecule has 0 aromatic heterocycles. The standard InChI is InChI=1S/C20H19ClFNO3/c1-12-10-14-6-3-4-9-18(14)23(12)20(25)13(2)26-19(24)11-15-16(21)7-5-8-17(15)22/h3-9,12-13H,10-11H2,1-2H3/t12-,13-/m0/s1. The first-order valence-corrected chi connectivity index (χ1v) is 8.79. The Bertz CT molecular complexity index is 834. The summed E-state index contributed by atoms with van der Waals surface area (Å²) in [6.45, 7) is 3.47. The van der Waals surface area contributed by atoms with Gasteiger partial charge < -0.3 is 9.64 Å². The second-order valence-corrected chi connectivity index (χ2v) is 6.81. The van der Waals surface area contributed by atoms with Crippen LogP contribution in [0.2, 0.25) is 5.02 Å². The van der Waals surface area contributed by atoms with Gasteiger partial charge in [0.15, 0.2) is 6.10 Å². The van der Waals surface area contributed by atoms with E-state index in [2.05, 4.69) is 0 Å². The molecule has 0 saturated carbocycles. The minimum atomic E-state index is -0.971. The number of benzene rings is 2. The maximum atomic E-state index is 13.8. The maximum Gasteiger partial charge on any atom is 0.311 e. The van der Waals surface area contributed by atoms with Crippen molar-refractivity contribution >= 4 is 29.2 Å². The summed E-state index contributed by atoms with van der Waals surface area (Å²) in [5.41, 5.74) is 1.99. The van der Waals surface area contributed by atoms with E-state index >= 15 is 0 Å². The number of carbonyl (C=O) groups excluding carboxylic acids is 2. The van der Waals surface area contributed by atoms with Gasteiger partial charge in [0.25, 0.3) is 5.91 Å². The Morgan fingerprint density at radius 2 is 2.00 bits per heavy atom. The highest BCUT2D eigenvalue weighted by molar-refractivity contribution is 6.31. The molecule has 1 aliphatic heterocycles. The van der Waals surface area contributed by atoms with Crippen LogP contribution >= 0.6 is 11.6 Å². The van der Waals surface area contributed by atoms with Crippen LogP contribution in [0.25, 0.3) is 0 Å². The Morgan fingerprint density at radius 1 is 1.27 bits per heavy atom. The molecule has 0 saturated heterocycles. The van der Waals surface area contributed by atoms with E-state index in [1.54, 1.807) is 4.90 Å². The van der Waals surface area contributed by atoms with Crippen molar-refractivity contribution in [2.24, 2.45) is 0 Å². The van der Waals surface area contributed by atoms with Gasteiger partial charge in [-0.05, 0) is 44.0 Å². The average molecular weight is 376 g/mol. The van der Waals surface area contributed by atoms with Crippen LogP contribution in [-0.4, -0.2) is 24.0 Å². The number of carbonyl (C=O) groups is 2. The number of hydrogen-bond acceptors (Lipinski definition) is 3. The van der Waals surface area contributed by atoms with Crippen LogP contribution in [0.4, 0.5) is 10.1 Å². The fourth-order valence-corrected chi connectivity index (χ4v) is 3.46. The molecular formula is C20H19ClFNO3. The quantitative estimate of drug-likeness (QED) is 0.761. The first kappa shape index (κ1) is 18.4. The molecule has 0 spiro atoms. The van der Waals surface area contributed by atoms with Gasteiger partial charge in [-0.2, -0.15) is 0 Å². The summed E-state index contributed by atoms with van der Waals surface area (Å²) in [7, 11) is 0. The van der Waals surface area contributed by atoms with Crippen molar-refractivity contribution in [2.45, 2.75) is 38.8 Å². The number of para-hydroxylation sites is 1. The van der Waals surface area contributed by atoms with Gasteiger partial charge in [-0.15, -0.1) is 0 Å². The predicted molar refractivity (Wildman–Crippen MR) is 97.8 cm³/mol. The van der Waals surface area contributed by atoms with Crippen LogP contribution in [0.5, 0.6) is 0 Å². The van der Waals surface area contributed by atoms with Crippen molar-refractivity contribution in [3.63, 3.8) is 0 Å². The Labute approximate surface area is 156 Å². The first-order chi connectivity index (χ1) is 12.4. The number of nitrogens with zero attached hydrogens (tertiary/aromatic N) is 1. The summed E-state index contributed by atoms with van der Waals surface area (Å²) in [5, 5.41) is 0.156. The van der Waals surface area contributed by atoms with Gasteiger partial charge in [0.2, 0.25) is 0 Å². The van der Waals surface area contributed by atoms with E-state index < -0.39 is 17.9 Å². The second-order valence-electron chi connectivity index (χ2n) is 6.40. The SMILES string of the molecule is C[C@H](OC(=O)Cc1c(F)cccc1Cl)C(=O)N1c2ccccc2C[C@@H]1C. The molecular weight excluding hydrogens is 357 g/mol. The Hall–Kier alpha value is -2.40. The number of esters is 1. The van der Waals surface area contributed by atoms with Crippen molar-refractivity contribution < 1.29 is 18.7 Å². The lowest BCUT2D eigenvalue weighted by Gasteiger charge is -2.26. The van der Waals surface area contributed by atoms with Gasteiger partial charge in [-0.3, -0.25) is 9.59 Å². The van der Waals surface area contributed by atoms with Gasteiger partial charge in [0, 0.05) is 22.3 Å². The smallest absolute Gasteiger partial charge is 0.311 e. The Kier molecular flexibility index (Phi) is 5.28. The van der Waals surface area contributed by atoms with Crippen LogP contribution in [-0.2, 0) is 27.2 Å². The number of fused-ring (bicyclic) bond motifs is 1. The summed E-state index contributed by atoms with van der Waals surface area (Å²) in [4.78, 5) is 26.6. The molecule has 0 aliphatic carbocycles. The zero-order chi connectivity index (χ0) is 18.8. The lowest BCUT2D eigenvalue weighted by Crippen LogP contribution is -2.43. The van der Waals surface area contributed by atoms with E-state index in [-0.39, 0.29) is 29.0 Å². The molecule has 136 valence electrons. The van der Waals surface area contributed by atoms with E-state index in [0.717, 1.165) is 17.7 Å². The molecule has 3 rings (SSSR count). The van der Waals surface area contributed by atoms with E-state index in [0.29, 0.717) is 0 Å². The highest BCUT2D eigenvalue weighted by Gasteiger charge is 2.34. The number of rotatable bonds is 4. The normalized spacial score (nSPS) is 16.9. The summed E-state index contributed by atoms with van der Waals surface area (Å²) in [6.07, 6.45) is -0.537. The summed E-state index contributed by atoms with van der Waals surface area (Å²) < 4.78 is 19.0. The molecule has 2 atom stereocenters. The highest BCUT2D eigenvalue weighted by atomic mass is 35.5. The van der Waals surface area contributed by atoms with Gasteiger partial charge in [-0.1, -0.05) is 35.9 Å². The molecule has 2 aromatic carbocycles. The molecule has 0 N–H and O–H groups in total. The van der Waals surface area contributed by atoms with Gasteiger partial charge in [0.1, 0.15) is 5.82 Å². The molecule has 2 aromatic rings. The van der Waals surface area contributed by atoms with Crippen molar-refractivity contribution in [3.05, 3.63) is 64.4 Å². The van der Waals surface area contributed by atoms with Crippen molar-refractivity contribution in [1.82, 2.24) is 0 Å². The van der Waals surface area contributed by atoms with E-state index in [1.807, 2.05) is 31.2 Å². The Morgan fingerprint density at radius 3 is 2.73 bits per heavy atom. The fourth-order valence-electron chi connectivity index (χ4n) is 3.23. The third-order valence-electron chi connectivity index (χ3n) is 4.48. The van der Waals surface area contributed by atoms with Crippen molar-refractivity contribution in [2.75, 3.05) is 4.90 Å². The minimum absolute atomic E-state index is 0.0120. The van der Waals surface area contributed by atoms with Gasteiger partial charge >= 0.3 is 5.97 Å². The fraction of sp³-hybridized carbons (Fsp3) is 0.300. The summed E-state index contributed by atoms with van der Waals surface area (Å²) in [6, 6.07) is 11.8. The lowest BCUT2D eigenvalue weighted by molar-refractivity contribution is -0.153. The predicted octanol–water partition coefficient (Wildman–Crippen LogP) is 3.93. The largest absolute Gasteiger partial charge is 0.452 e. The second kappa shape index (κ2) is 7.46. The van der Waals surface area contributed by atoms with Gasteiger partial charge in [0.05, 0.1) is 6.42 Å². The molecule has 1 amide bonds. The van der Waals surface area contributed by atoms with Crippen LogP contribution < -0.4 is 4.90 Å². The monoisotopic (exact) mass is 375 g/mol. The average Bonchev–Trinajstić information content (AvgIpc) is 2.93. The highest BCUT2D eigenvalue weighted by Crippen LogP contribution is 2.32.